The molecule has 1 N–H and O–H groups in total. The molecule has 0 saturated heterocycles. The van der Waals surface area contributed by atoms with Gasteiger partial charge >= 0.3 is 0 Å². The molecule has 0 aliphatic carbocycles. The summed E-state index contributed by atoms with van der Waals surface area (Å²) in [5.41, 5.74) is 8.17. The first kappa shape index (κ1) is 20.9. The summed E-state index contributed by atoms with van der Waals surface area (Å²) < 4.78 is 2.31. The largest absolute Gasteiger partial charge is 0.322 e. The first-order valence-corrected chi connectivity index (χ1v) is 11.3. The number of H-pyrrole nitrogens is 1. The summed E-state index contributed by atoms with van der Waals surface area (Å²) in [5, 5.41) is 23.2. The quantitative estimate of drug-likeness (QED) is 0.396. The van der Waals surface area contributed by atoms with Gasteiger partial charge in [-0.25, -0.2) is 4.98 Å². The summed E-state index contributed by atoms with van der Waals surface area (Å²) in [6.07, 6.45) is 3.18. The van der Waals surface area contributed by atoms with Gasteiger partial charge in [-0.15, -0.1) is 10.2 Å². The molecular weight excluding hydrogens is 412 g/mol. The molecule has 8 heteroatoms. The second-order valence-electron chi connectivity index (χ2n) is 8.26. The highest BCUT2D eigenvalue weighted by atomic mass is 15.5. The van der Waals surface area contributed by atoms with Crippen molar-refractivity contribution >= 4 is 11.0 Å². The molecule has 0 fully saturated rings. The number of tetrazole rings is 1. The van der Waals surface area contributed by atoms with E-state index >= 15 is 0 Å². The van der Waals surface area contributed by atoms with Gasteiger partial charge in [0.25, 0.3) is 0 Å². The van der Waals surface area contributed by atoms with Gasteiger partial charge < -0.3 is 4.57 Å². The standard InChI is InChI=1S/C25H26N8/c1-4-5-10-22-26-23-16(2)27-28-17(3)24(23)33(22)15-18-11-13-19(14-12-18)20-8-6-7-9-21(20)25-29-31-32-30-25/h6-9,11-14H,4-5,10,15H2,1-3H3,(H,29,30,31,32). The van der Waals surface area contributed by atoms with Crippen molar-refractivity contribution in [2.75, 3.05) is 0 Å². The first-order chi connectivity index (χ1) is 16.2. The topological polar surface area (TPSA) is 98.1 Å². The molecule has 33 heavy (non-hydrogen) atoms. The van der Waals surface area contributed by atoms with Crippen molar-refractivity contribution in [1.29, 1.82) is 0 Å². The van der Waals surface area contributed by atoms with Crippen LogP contribution in [0.5, 0.6) is 0 Å². The van der Waals surface area contributed by atoms with Crippen LogP contribution in [-0.4, -0.2) is 40.4 Å². The highest BCUT2D eigenvalue weighted by Crippen LogP contribution is 2.30. The smallest absolute Gasteiger partial charge is 0.205 e. The number of hydrogen-bond donors (Lipinski definition) is 1. The Hall–Kier alpha value is -3.94. The van der Waals surface area contributed by atoms with E-state index in [1.54, 1.807) is 0 Å². The minimum Gasteiger partial charge on any atom is -0.322 e. The zero-order chi connectivity index (χ0) is 22.8. The van der Waals surface area contributed by atoms with Crippen LogP contribution in [0, 0.1) is 13.8 Å². The zero-order valence-electron chi connectivity index (χ0n) is 19.1. The van der Waals surface area contributed by atoms with Crippen LogP contribution in [0.25, 0.3) is 33.5 Å². The van der Waals surface area contributed by atoms with E-state index in [-0.39, 0.29) is 0 Å². The number of rotatable bonds is 7. The number of nitrogens with one attached hydrogen (secondary N) is 1. The number of benzene rings is 2. The Morgan fingerprint density at radius 1 is 0.879 bits per heavy atom. The van der Waals surface area contributed by atoms with Gasteiger partial charge in [0.2, 0.25) is 5.82 Å². The molecule has 0 spiro atoms. The number of aromatic amines is 1. The third kappa shape index (κ3) is 4.00. The van der Waals surface area contributed by atoms with Crippen molar-refractivity contribution in [1.82, 2.24) is 40.4 Å². The molecule has 0 radical (unpaired) electrons. The third-order valence-electron chi connectivity index (χ3n) is 5.95. The molecule has 0 amide bonds. The van der Waals surface area contributed by atoms with E-state index in [0.717, 1.165) is 70.7 Å². The predicted octanol–water partition coefficient (Wildman–Crippen LogP) is 4.68. The van der Waals surface area contributed by atoms with Gasteiger partial charge in [0.15, 0.2) is 0 Å². The molecule has 0 bridgehead atoms. The molecule has 0 aliphatic rings. The maximum atomic E-state index is 4.95. The van der Waals surface area contributed by atoms with Crippen LogP contribution in [0.1, 0.15) is 42.5 Å². The van der Waals surface area contributed by atoms with Crippen LogP contribution in [-0.2, 0) is 13.0 Å². The Bertz CT molecular complexity index is 1380. The third-order valence-corrected chi connectivity index (χ3v) is 5.95. The molecule has 3 heterocycles. The molecule has 3 aromatic heterocycles. The zero-order valence-corrected chi connectivity index (χ0v) is 19.1. The van der Waals surface area contributed by atoms with Gasteiger partial charge in [-0.05, 0) is 42.2 Å². The van der Waals surface area contributed by atoms with Crippen LogP contribution in [0.2, 0.25) is 0 Å². The van der Waals surface area contributed by atoms with Crippen LogP contribution >= 0.6 is 0 Å². The Kier molecular flexibility index (Phi) is 5.64. The first-order valence-electron chi connectivity index (χ1n) is 11.3. The average Bonchev–Trinajstić information content (AvgIpc) is 3.50. The Morgan fingerprint density at radius 3 is 2.36 bits per heavy atom. The number of hydrogen-bond acceptors (Lipinski definition) is 6. The predicted molar refractivity (Wildman–Crippen MR) is 128 cm³/mol. The van der Waals surface area contributed by atoms with E-state index in [2.05, 4.69) is 72.6 Å². The van der Waals surface area contributed by atoms with E-state index in [9.17, 15) is 0 Å². The number of unbranched alkanes of at least 4 members (excludes halogenated alkanes) is 1. The number of aryl methyl sites for hydroxylation is 3. The van der Waals surface area contributed by atoms with E-state index in [0.29, 0.717) is 5.82 Å². The minimum atomic E-state index is 0.590. The fourth-order valence-corrected chi connectivity index (χ4v) is 4.24. The van der Waals surface area contributed by atoms with Crippen LogP contribution in [0.15, 0.2) is 48.5 Å². The summed E-state index contributed by atoms with van der Waals surface area (Å²) >= 11 is 0. The van der Waals surface area contributed by atoms with Crippen molar-refractivity contribution in [3.63, 3.8) is 0 Å². The summed E-state index contributed by atoms with van der Waals surface area (Å²) in [6.45, 7) is 6.94. The molecule has 166 valence electrons. The molecule has 5 aromatic rings. The van der Waals surface area contributed by atoms with Crippen molar-refractivity contribution in [3.8, 4) is 22.5 Å². The Balaban J connectivity index is 1.51. The van der Waals surface area contributed by atoms with Gasteiger partial charge in [-0.1, -0.05) is 61.9 Å². The molecule has 5 rings (SSSR count). The Morgan fingerprint density at radius 2 is 1.64 bits per heavy atom. The molecule has 0 unspecified atom stereocenters. The second-order valence-corrected chi connectivity index (χ2v) is 8.26. The van der Waals surface area contributed by atoms with Crippen LogP contribution in [0.3, 0.4) is 0 Å². The number of nitrogens with zero attached hydrogens (tertiary/aromatic N) is 7. The highest BCUT2D eigenvalue weighted by Gasteiger charge is 2.17. The summed E-state index contributed by atoms with van der Waals surface area (Å²) in [6, 6.07) is 16.8. The maximum absolute atomic E-state index is 4.95. The monoisotopic (exact) mass is 438 g/mol. The van der Waals surface area contributed by atoms with Gasteiger partial charge in [-0.3, -0.25) is 0 Å². The van der Waals surface area contributed by atoms with E-state index in [1.165, 1.54) is 5.56 Å². The second kappa shape index (κ2) is 8.90. The fourth-order valence-electron chi connectivity index (χ4n) is 4.24. The lowest BCUT2D eigenvalue weighted by atomic mass is 9.98. The number of aromatic nitrogens is 8. The average molecular weight is 439 g/mol. The summed E-state index contributed by atoms with van der Waals surface area (Å²) in [5.74, 6) is 1.69. The van der Waals surface area contributed by atoms with E-state index < -0.39 is 0 Å². The van der Waals surface area contributed by atoms with Crippen molar-refractivity contribution in [3.05, 3.63) is 71.3 Å². The number of imidazole rings is 1. The van der Waals surface area contributed by atoms with E-state index in [1.807, 2.05) is 32.0 Å². The lowest BCUT2D eigenvalue weighted by molar-refractivity contribution is 0.688. The maximum Gasteiger partial charge on any atom is 0.205 e. The van der Waals surface area contributed by atoms with Gasteiger partial charge in [-0.2, -0.15) is 15.4 Å². The molecular formula is C25H26N8. The molecule has 0 saturated carbocycles. The molecule has 8 nitrogen and oxygen atoms in total. The van der Waals surface area contributed by atoms with Crippen molar-refractivity contribution in [2.45, 2.75) is 46.6 Å². The summed E-state index contributed by atoms with van der Waals surface area (Å²) in [7, 11) is 0. The molecule has 0 aliphatic heterocycles. The molecule has 2 aromatic carbocycles. The van der Waals surface area contributed by atoms with Crippen LogP contribution < -0.4 is 0 Å². The van der Waals surface area contributed by atoms with Crippen LogP contribution in [0.4, 0.5) is 0 Å². The fraction of sp³-hybridized carbons (Fsp3) is 0.280. The SMILES string of the molecule is CCCCc1nc2c(C)nnc(C)c2n1Cc1ccc(-c2ccccc2-c2nn[nH]n2)cc1. The minimum absolute atomic E-state index is 0.590. The van der Waals surface area contributed by atoms with Gasteiger partial charge in [0.1, 0.15) is 11.3 Å². The van der Waals surface area contributed by atoms with Gasteiger partial charge in [0, 0.05) is 18.5 Å². The molecule has 0 atom stereocenters. The number of fused-ring (bicyclic) bond motifs is 1. The normalized spacial score (nSPS) is 11.4. The Labute approximate surface area is 192 Å². The van der Waals surface area contributed by atoms with Gasteiger partial charge in [0.05, 0.1) is 16.9 Å². The summed E-state index contributed by atoms with van der Waals surface area (Å²) in [4.78, 5) is 4.95. The van der Waals surface area contributed by atoms with E-state index in [4.69, 9.17) is 4.98 Å². The lowest BCUT2D eigenvalue weighted by Crippen LogP contribution is -2.07. The highest BCUT2D eigenvalue weighted by molar-refractivity contribution is 5.81. The lowest BCUT2D eigenvalue weighted by Gasteiger charge is -2.12. The van der Waals surface area contributed by atoms with Crippen molar-refractivity contribution in [2.24, 2.45) is 0 Å². The van der Waals surface area contributed by atoms with Crippen molar-refractivity contribution < 1.29 is 0 Å².